The zero-order valence-electron chi connectivity index (χ0n) is 12.0. The Morgan fingerprint density at radius 1 is 1.00 bits per heavy atom. The van der Waals surface area contributed by atoms with Crippen molar-refractivity contribution in [3.8, 4) is 0 Å². The number of rotatable bonds is 2. The Bertz CT molecular complexity index is 686. The smallest absolute Gasteiger partial charge is 0.353 e. The summed E-state index contributed by atoms with van der Waals surface area (Å²) in [4.78, 5) is 15.3. The number of piperazine rings is 1. The number of hydrogen-bond donors (Lipinski definition) is 0. The lowest BCUT2D eigenvalue weighted by molar-refractivity contribution is -0.141. The number of hydrogen-bond acceptors (Lipinski definition) is 5. The molecule has 1 saturated heterocycles. The molecule has 1 fully saturated rings. The van der Waals surface area contributed by atoms with Crippen LogP contribution in [0.1, 0.15) is 5.69 Å². The van der Waals surface area contributed by atoms with Gasteiger partial charge in [0.1, 0.15) is 23.7 Å². The Balaban J connectivity index is 1.71. The molecule has 1 aliphatic heterocycles. The van der Waals surface area contributed by atoms with E-state index in [2.05, 4.69) is 15.0 Å². The van der Waals surface area contributed by atoms with Crippen molar-refractivity contribution in [1.82, 2.24) is 15.0 Å². The zero-order chi connectivity index (χ0) is 16.4. The molecule has 0 bridgehead atoms. The maximum absolute atomic E-state index is 12.7. The van der Waals surface area contributed by atoms with Gasteiger partial charge in [0.05, 0.1) is 5.02 Å². The van der Waals surface area contributed by atoms with Gasteiger partial charge in [0.2, 0.25) is 0 Å². The molecule has 3 heterocycles. The summed E-state index contributed by atoms with van der Waals surface area (Å²) in [5, 5.41) is 0.558. The molecule has 3 rings (SSSR count). The van der Waals surface area contributed by atoms with E-state index in [9.17, 15) is 13.2 Å². The summed E-state index contributed by atoms with van der Waals surface area (Å²) in [6.45, 7) is 2.26. The first-order valence-electron chi connectivity index (χ1n) is 6.95. The highest BCUT2D eigenvalue weighted by Gasteiger charge is 2.33. The average Bonchev–Trinajstić information content (AvgIpc) is 2.55. The molecule has 0 aliphatic carbocycles. The summed E-state index contributed by atoms with van der Waals surface area (Å²) >= 11 is 6.12. The minimum absolute atomic E-state index is 0.277. The Kier molecular flexibility index (Phi) is 4.25. The van der Waals surface area contributed by atoms with Crippen molar-refractivity contribution in [3.05, 3.63) is 41.4 Å². The van der Waals surface area contributed by atoms with E-state index in [0.717, 1.165) is 12.4 Å². The van der Waals surface area contributed by atoms with Crippen LogP contribution in [-0.2, 0) is 6.18 Å². The molecule has 2 aromatic rings. The van der Waals surface area contributed by atoms with Crippen LogP contribution in [0.25, 0.3) is 0 Å². The fourth-order valence-electron chi connectivity index (χ4n) is 2.43. The first-order chi connectivity index (χ1) is 10.9. The Labute approximate surface area is 135 Å². The second-order valence-corrected chi connectivity index (χ2v) is 5.45. The minimum atomic E-state index is -4.47. The van der Waals surface area contributed by atoms with Gasteiger partial charge in [0.15, 0.2) is 0 Å². The molecule has 0 saturated carbocycles. The molecule has 122 valence electrons. The minimum Gasteiger partial charge on any atom is -0.353 e. The van der Waals surface area contributed by atoms with Gasteiger partial charge in [-0.3, -0.25) is 0 Å². The second-order valence-electron chi connectivity index (χ2n) is 5.04. The molecule has 0 radical (unpaired) electrons. The summed E-state index contributed by atoms with van der Waals surface area (Å²) in [7, 11) is 0. The lowest BCUT2D eigenvalue weighted by atomic mass is 10.3. The second kappa shape index (κ2) is 6.19. The Morgan fingerprint density at radius 2 is 1.70 bits per heavy atom. The number of anilines is 2. The van der Waals surface area contributed by atoms with E-state index in [1.165, 1.54) is 0 Å². The fraction of sp³-hybridized carbons (Fsp3) is 0.357. The molecule has 0 unspecified atom stereocenters. The van der Waals surface area contributed by atoms with Gasteiger partial charge in [-0.15, -0.1) is 0 Å². The predicted octanol–water partition coefficient (Wildman–Crippen LogP) is 2.87. The Hall–Kier alpha value is -2.09. The maximum Gasteiger partial charge on any atom is 0.433 e. The largest absolute Gasteiger partial charge is 0.433 e. The third kappa shape index (κ3) is 3.47. The van der Waals surface area contributed by atoms with Crippen LogP contribution < -0.4 is 9.80 Å². The van der Waals surface area contributed by atoms with E-state index in [0.29, 0.717) is 37.0 Å². The topological polar surface area (TPSA) is 45.2 Å². The lowest BCUT2D eigenvalue weighted by Crippen LogP contribution is -2.47. The highest BCUT2D eigenvalue weighted by molar-refractivity contribution is 6.32. The van der Waals surface area contributed by atoms with Crippen molar-refractivity contribution in [2.24, 2.45) is 0 Å². The van der Waals surface area contributed by atoms with Crippen LogP contribution >= 0.6 is 11.6 Å². The third-order valence-electron chi connectivity index (χ3n) is 3.59. The molecule has 9 heteroatoms. The van der Waals surface area contributed by atoms with Gasteiger partial charge < -0.3 is 9.80 Å². The van der Waals surface area contributed by atoms with Crippen molar-refractivity contribution in [3.63, 3.8) is 0 Å². The number of aromatic nitrogens is 3. The molecular weight excluding hydrogens is 331 g/mol. The summed E-state index contributed by atoms with van der Waals surface area (Å²) in [5.74, 6) is 0.964. The normalized spacial score (nSPS) is 15.8. The summed E-state index contributed by atoms with van der Waals surface area (Å²) in [5.41, 5.74) is -0.933. The van der Waals surface area contributed by atoms with Crippen molar-refractivity contribution in [2.75, 3.05) is 36.0 Å². The van der Waals surface area contributed by atoms with Gasteiger partial charge in [0, 0.05) is 38.4 Å². The van der Waals surface area contributed by atoms with E-state index >= 15 is 0 Å². The third-order valence-corrected chi connectivity index (χ3v) is 3.88. The standard InChI is InChI=1S/C14H13ClF3N5/c15-10-2-1-3-19-13(10)23-6-4-22(5-7-23)12-8-11(14(16,17)18)20-9-21-12/h1-3,8-9H,4-7H2. The summed E-state index contributed by atoms with van der Waals surface area (Å²) < 4.78 is 38.2. The van der Waals surface area contributed by atoms with E-state index in [4.69, 9.17) is 11.6 Å². The van der Waals surface area contributed by atoms with Gasteiger partial charge in [-0.2, -0.15) is 13.2 Å². The number of pyridine rings is 1. The van der Waals surface area contributed by atoms with Crippen LogP contribution in [-0.4, -0.2) is 41.1 Å². The van der Waals surface area contributed by atoms with Gasteiger partial charge in [-0.25, -0.2) is 15.0 Å². The zero-order valence-corrected chi connectivity index (χ0v) is 12.7. The SMILES string of the molecule is FC(F)(F)c1cc(N2CCN(c3ncccc3Cl)CC2)ncn1. The van der Waals surface area contributed by atoms with Crippen LogP contribution in [0, 0.1) is 0 Å². The number of alkyl halides is 3. The van der Waals surface area contributed by atoms with Gasteiger partial charge in [-0.05, 0) is 12.1 Å². The van der Waals surface area contributed by atoms with Gasteiger partial charge in [-0.1, -0.05) is 11.6 Å². The van der Waals surface area contributed by atoms with Crippen molar-refractivity contribution in [1.29, 1.82) is 0 Å². The molecule has 0 atom stereocenters. The molecule has 23 heavy (non-hydrogen) atoms. The van der Waals surface area contributed by atoms with Gasteiger partial charge in [0.25, 0.3) is 0 Å². The molecule has 0 amide bonds. The molecule has 0 N–H and O–H groups in total. The Morgan fingerprint density at radius 3 is 2.35 bits per heavy atom. The monoisotopic (exact) mass is 343 g/mol. The van der Waals surface area contributed by atoms with E-state index < -0.39 is 11.9 Å². The van der Waals surface area contributed by atoms with Crippen LogP contribution in [0.15, 0.2) is 30.7 Å². The highest BCUT2D eigenvalue weighted by Crippen LogP contribution is 2.29. The van der Waals surface area contributed by atoms with Crippen molar-refractivity contribution in [2.45, 2.75) is 6.18 Å². The quantitative estimate of drug-likeness (QED) is 0.839. The fourth-order valence-corrected chi connectivity index (χ4v) is 2.67. The van der Waals surface area contributed by atoms with Crippen molar-refractivity contribution >= 4 is 23.2 Å². The first kappa shape index (κ1) is 15.8. The number of halogens is 4. The van der Waals surface area contributed by atoms with Crippen LogP contribution in [0.2, 0.25) is 5.02 Å². The van der Waals surface area contributed by atoms with Crippen molar-refractivity contribution < 1.29 is 13.2 Å². The van der Waals surface area contributed by atoms with Gasteiger partial charge >= 0.3 is 6.18 Å². The van der Waals surface area contributed by atoms with E-state index in [1.54, 1.807) is 23.2 Å². The van der Waals surface area contributed by atoms with Crippen LogP contribution in [0.5, 0.6) is 0 Å². The van der Waals surface area contributed by atoms with E-state index in [1.807, 2.05) is 4.90 Å². The molecular formula is C14H13ClF3N5. The highest BCUT2D eigenvalue weighted by atomic mass is 35.5. The molecule has 1 aliphatic rings. The number of nitrogens with zero attached hydrogens (tertiary/aromatic N) is 5. The maximum atomic E-state index is 12.7. The average molecular weight is 344 g/mol. The molecule has 0 aromatic carbocycles. The summed E-state index contributed by atoms with van der Waals surface area (Å²) in [6.07, 6.45) is -1.87. The van der Waals surface area contributed by atoms with E-state index in [-0.39, 0.29) is 5.82 Å². The lowest BCUT2D eigenvalue weighted by Gasteiger charge is -2.36. The summed E-state index contributed by atoms with van der Waals surface area (Å²) in [6, 6.07) is 4.49. The molecule has 2 aromatic heterocycles. The first-order valence-corrected chi connectivity index (χ1v) is 7.32. The predicted molar refractivity (Wildman–Crippen MR) is 80.7 cm³/mol. The molecule has 0 spiro atoms. The molecule has 5 nitrogen and oxygen atoms in total. The van der Waals surface area contributed by atoms with Crippen LogP contribution in [0.3, 0.4) is 0 Å². The van der Waals surface area contributed by atoms with Crippen LogP contribution in [0.4, 0.5) is 24.8 Å².